The Morgan fingerprint density at radius 2 is 1.58 bits per heavy atom. The first-order valence-corrected chi connectivity index (χ1v) is 6.67. The van der Waals surface area contributed by atoms with Gasteiger partial charge in [0.1, 0.15) is 10.6 Å². The predicted octanol–water partition coefficient (Wildman–Crippen LogP) is 3.48. The van der Waals surface area contributed by atoms with E-state index in [1.165, 1.54) is 0 Å². The van der Waals surface area contributed by atoms with Crippen LogP contribution in [0.4, 0.5) is 17.6 Å². The Kier molecular flexibility index (Phi) is 4.86. The van der Waals surface area contributed by atoms with Crippen LogP contribution in [-0.4, -0.2) is 15.5 Å². The van der Waals surface area contributed by atoms with E-state index in [-0.39, 0.29) is 5.56 Å². The first-order valence-electron chi connectivity index (χ1n) is 5.52. The highest BCUT2D eigenvalue weighted by molar-refractivity contribution is 7.90. The fraction of sp³-hybridized carbons (Fsp3) is 0.500. The summed E-state index contributed by atoms with van der Waals surface area (Å²) in [7, 11) is 0. The molecule has 2 atom stereocenters. The molecule has 0 fully saturated rings. The summed E-state index contributed by atoms with van der Waals surface area (Å²) in [4.78, 5) is 0. The summed E-state index contributed by atoms with van der Waals surface area (Å²) in [5, 5.41) is 0. The summed E-state index contributed by atoms with van der Waals surface area (Å²) < 4.78 is 64.6. The van der Waals surface area contributed by atoms with E-state index in [0.29, 0.717) is 0 Å². The molecule has 1 aromatic carbocycles. The Hall–Kier alpha value is -0.790. The topological polar surface area (TPSA) is 35.1 Å². The molecule has 0 aliphatic rings. The van der Waals surface area contributed by atoms with Crippen LogP contribution >= 0.6 is 0 Å². The molecule has 0 heterocycles. The Morgan fingerprint density at radius 3 is 1.95 bits per heavy atom. The summed E-state index contributed by atoms with van der Waals surface area (Å²) in [6, 6.07) is 1.85. The van der Waals surface area contributed by atoms with Crippen LogP contribution in [0.1, 0.15) is 32.4 Å². The smallest absolute Gasteiger partial charge is 0.412 e. The predicted molar refractivity (Wildman–Crippen MR) is 66.2 cm³/mol. The van der Waals surface area contributed by atoms with Crippen LogP contribution in [-0.2, 0) is 11.4 Å². The number of halogens is 4. The normalized spacial score (nSPS) is 16.2. The van der Waals surface area contributed by atoms with Gasteiger partial charge >= 0.3 is 6.18 Å². The van der Waals surface area contributed by atoms with Crippen LogP contribution < -0.4 is 4.72 Å². The Bertz CT molecular complexity index is 413. The fourth-order valence-corrected chi connectivity index (χ4v) is 2.10. The van der Waals surface area contributed by atoms with Crippen LogP contribution in [0.15, 0.2) is 24.3 Å². The minimum Gasteiger partial charge on any atom is -0.598 e. The molecule has 0 aliphatic carbocycles. The van der Waals surface area contributed by atoms with Crippen LogP contribution in [0.5, 0.6) is 0 Å². The van der Waals surface area contributed by atoms with Crippen LogP contribution in [0.25, 0.3) is 0 Å². The second-order valence-electron chi connectivity index (χ2n) is 5.03. The number of rotatable bonds is 3. The zero-order valence-corrected chi connectivity index (χ0v) is 11.5. The van der Waals surface area contributed by atoms with Crippen molar-refractivity contribution >= 4 is 11.4 Å². The molecule has 1 N–H and O–H groups in total. The number of alkyl halides is 3. The third-order valence-electron chi connectivity index (χ3n) is 2.31. The van der Waals surface area contributed by atoms with E-state index in [4.69, 9.17) is 0 Å². The molecule has 2 nitrogen and oxygen atoms in total. The molecule has 0 aliphatic heterocycles. The Labute approximate surface area is 112 Å². The van der Waals surface area contributed by atoms with E-state index in [2.05, 4.69) is 4.72 Å². The first kappa shape index (κ1) is 16.3. The van der Waals surface area contributed by atoms with Crippen molar-refractivity contribution in [2.24, 2.45) is 0 Å². The third kappa shape index (κ3) is 4.67. The van der Waals surface area contributed by atoms with Crippen molar-refractivity contribution in [3.63, 3.8) is 0 Å². The maximum absolute atomic E-state index is 13.0. The Morgan fingerprint density at radius 1 is 1.11 bits per heavy atom. The zero-order chi connectivity index (χ0) is 14.8. The molecule has 0 aromatic heterocycles. The van der Waals surface area contributed by atoms with E-state index in [1.807, 2.05) is 0 Å². The van der Waals surface area contributed by atoms with Crippen molar-refractivity contribution in [3.05, 3.63) is 35.6 Å². The van der Waals surface area contributed by atoms with Crippen molar-refractivity contribution in [3.8, 4) is 0 Å². The van der Waals surface area contributed by atoms with Crippen LogP contribution in [0.3, 0.4) is 0 Å². The minimum atomic E-state index is -4.61. The molecule has 0 radical (unpaired) electrons. The zero-order valence-electron chi connectivity index (χ0n) is 10.7. The summed E-state index contributed by atoms with van der Waals surface area (Å²) in [6.45, 7) is 4.69. The highest BCUT2D eigenvalue weighted by Gasteiger charge is 2.45. The molecular formula is C12H15F4NOS. The molecule has 1 rings (SSSR count). The monoisotopic (exact) mass is 297 g/mol. The molecule has 0 spiro atoms. The Balaban J connectivity index is 3.00. The average molecular weight is 297 g/mol. The summed E-state index contributed by atoms with van der Waals surface area (Å²) >= 11 is -1.88. The molecular weight excluding hydrogens is 282 g/mol. The number of hydrogen-bond acceptors (Lipinski definition) is 2. The van der Waals surface area contributed by atoms with E-state index in [0.717, 1.165) is 24.3 Å². The second kappa shape index (κ2) is 5.68. The van der Waals surface area contributed by atoms with Crippen molar-refractivity contribution in [2.75, 3.05) is 0 Å². The molecule has 0 amide bonds. The average Bonchev–Trinajstić information content (AvgIpc) is 2.24. The van der Waals surface area contributed by atoms with Gasteiger partial charge in [0.15, 0.2) is 6.04 Å². The van der Waals surface area contributed by atoms with Gasteiger partial charge in [0.05, 0.1) is 0 Å². The van der Waals surface area contributed by atoms with E-state index in [1.54, 1.807) is 20.8 Å². The lowest BCUT2D eigenvalue weighted by atomic mass is 10.1. The lowest BCUT2D eigenvalue weighted by molar-refractivity contribution is -0.153. The fourth-order valence-electron chi connectivity index (χ4n) is 1.26. The van der Waals surface area contributed by atoms with Gasteiger partial charge in [-0.15, -0.1) is 4.72 Å². The molecule has 0 bridgehead atoms. The summed E-state index contributed by atoms with van der Waals surface area (Å²) in [5.74, 6) is -0.624. The van der Waals surface area contributed by atoms with Gasteiger partial charge < -0.3 is 4.55 Å². The van der Waals surface area contributed by atoms with Crippen molar-refractivity contribution in [1.82, 2.24) is 4.72 Å². The highest BCUT2D eigenvalue weighted by Crippen LogP contribution is 2.34. The van der Waals surface area contributed by atoms with Gasteiger partial charge in [-0.05, 0) is 38.5 Å². The standard InChI is InChI=1S/C12H15F4NOS/c1-11(2,3)19(18)17-10(12(14,15)16)8-4-6-9(13)7-5-8/h4-7,10,17H,1-3H3/t10-,19?/m0/s1. The molecule has 1 unspecified atom stereocenters. The van der Waals surface area contributed by atoms with Gasteiger partial charge in [0.25, 0.3) is 0 Å². The highest BCUT2D eigenvalue weighted by atomic mass is 32.2. The lowest BCUT2D eigenvalue weighted by Gasteiger charge is -2.29. The molecule has 108 valence electrons. The minimum absolute atomic E-state index is 0.175. The SMILES string of the molecule is CC(C)(C)[S+]([O-])N[C@@H](c1ccc(F)cc1)C(F)(F)F. The van der Waals surface area contributed by atoms with Gasteiger partial charge in [-0.3, -0.25) is 0 Å². The van der Waals surface area contributed by atoms with E-state index in [9.17, 15) is 22.1 Å². The van der Waals surface area contributed by atoms with Crippen LogP contribution in [0, 0.1) is 5.82 Å². The molecule has 0 saturated heterocycles. The quantitative estimate of drug-likeness (QED) is 0.685. The third-order valence-corrected chi connectivity index (χ3v) is 3.87. The van der Waals surface area contributed by atoms with Crippen molar-refractivity contribution in [2.45, 2.75) is 37.7 Å². The van der Waals surface area contributed by atoms with Gasteiger partial charge in [0, 0.05) is 11.4 Å². The van der Waals surface area contributed by atoms with Crippen molar-refractivity contribution in [1.29, 1.82) is 0 Å². The molecule has 0 saturated carbocycles. The summed E-state index contributed by atoms with van der Waals surface area (Å²) in [5.41, 5.74) is -0.175. The van der Waals surface area contributed by atoms with Crippen molar-refractivity contribution < 1.29 is 22.1 Å². The van der Waals surface area contributed by atoms with Gasteiger partial charge in [-0.1, -0.05) is 12.1 Å². The molecule has 19 heavy (non-hydrogen) atoms. The summed E-state index contributed by atoms with van der Waals surface area (Å²) in [6.07, 6.45) is -4.61. The van der Waals surface area contributed by atoms with Gasteiger partial charge in [0.2, 0.25) is 0 Å². The first-order chi connectivity index (χ1) is 8.51. The maximum atomic E-state index is 13.0. The molecule has 1 aromatic rings. The van der Waals surface area contributed by atoms with E-state index < -0.39 is 34.1 Å². The van der Waals surface area contributed by atoms with Gasteiger partial charge in [-0.25, -0.2) is 4.39 Å². The maximum Gasteiger partial charge on any atom is 0.412 e. The van der Waals surface area contributed by atoms with Crippen LogP contribution in [0.2, 0.25) is 0 Å². The largest absolute Gasteiger partial charge is 0.598 e. The molecule has 7 heteroatoms. The van der Waals surface area contributed by atoms with Gasteiger partial charge in [-0.2, -0.15) is 13.2 Å². The number of hydrogen-bond donors (Lipinski definition) is 1. The second-order valence-corrected chi connectivity index (χ2v) is 7.02. The number of nitrogens with one attached hydrogen (secondary N) is 1. The van der Waals surface area contributed by atoms with E-state index >= 15 is 0 Å². The lowest BCUT2D eigenvalue weighted by Crippen LogP contribution is -2.45. The number of benzene rings is 1.